The fraction of sp³-hybridized carbons (Fsp3) is 0. The minimum Gasteiger partial charge on any atom is -0.456 e. The van der Waals surface area contributed by atoms with E-state index >= 15 is 0 Å². The predicted octanol–water partition coefficient (Wildman–Crippen LogP) is 15.1. The van der Waals surface area contributed by atoms with Crippen molar-refractivity contribution in [2.75, 3.05) is 4.90 Å². The summed E-state index contributed by atoms with van der Waals surface area (Å²) in [5.74, 6) is 0. The Kier molecular flexibility index (Phi) is 7.17. The van der Waals surface area contributed by atoms with Crippen LogP contribution in [0.1, 0.15) is 0 Å². The van der Waals surface area contributed by atoms with Crippen molar-refractivity contribution in [2.45, 2.75) is 0 Å². The molecular weight excluding hydrogens is 671 g/mol. The average Bonchev–Trinajstić information content (AvgIpc) is 3.82. The van der Waals surface area contributed by atoms with Crippen LogP contribution in [0.2, 0.25) is 0 Å². The summed E-state index contributed by atoms with van der Waals surface area (Å²) in [4.78, 5) is 2.36. The van der Waals surface area contributed by atoms with Crippen LogP contribution in [0.5, 0.6) is 0 Å². The molecule has 0 saturated heterocycles. The molecule has 0 amide bonds. The molecule has 0 spiro atoms. The molecule has 2 aromatic heterocycles. The molecule has 0 atom stereocenters. The Labute approximate surface area is 317 Å². The molecule has 0 N–H and O–H groups in total. The first-order valence-corrected chi connectivity index (χ1v) is 18.7. The van der Waals surface area contributed by atoms with Crippen LogP contribution in [0, 0.1) is 0 Å². The van der Waals surface area contributed by atoms with Crippen LogP contribution in [-0.2, 0) is 0 Å². The second kappa shape index (κ2) is 12.6. The van der Waals surface area contributed by atoms with Gasteiger partial charge in [0.2, 0.25) is 0 Å². The van der Waals surface area contributed by atoms with Gasteiger partial charge in [0.25, 0.3) is 0 Å². The molecule has 0 fully saturated rings. The second-order valence-electron chi connectivity index (χ2n) is 14.1. The van der Waals surface area contributed by atoms with Gasteiger partial charge in [-0.3, -0.25) is 0 Å². The second-order valence-corrected chi connectivity index (χ2v) is 14.1. The number of fused-ring (bicyclic) bond motifs is 7. The summed E-state index contributed by atoms with van der Waals surface area (Å²) in [6.45, 7) is 0. The maximum Gasteiger partial charge on any atom is 0.137 e. The van der Waals surface area contributed by atoms with Crippen molar-refractivity contribution >= 4 is 71.7 Å². The monoisotopic (exact) mass is 703 g/mol. The van der Waals surface area contributed by atoms with Gasteiger partial charge in [-0.1, -0.05) is 140 Å². The van der Waals surface area contributed by atoms with Gasteiger partial charge in [0.1, 0.15) is 22.3 Å². The highest BCUT2D eigenvalue weighted by molar-refractivity contribution is 6.10. The SMILES string of the molecule is c1ccc(-c2cccc3cccc(-c4ccccc4N(c4ccc(-c5ccc6oc7ccccc7c6c5)cc4)c4ccc5c(c4)oc4ccccc45)c23)cc1. The van der Waals surface area contributed by atoms with E-state index in [4.69, 9.17) is 8.83 Å². The third kappa shape index (κ3) is 5.20. The highest BCUT2D eigenvalue weighted by atomic mass is 16.3. The van der Waals surface area contributed by atoms with Gasteiger partial charge in [-0.25, -0.2) is 0 Å². The Bertz CT molecular complexity index is 3200. The molecule has 0 unspecified atom stereocenters. The van der Waals surface area contributed by atoms with Crippen LogP contribution < -0.4 is 4.90 Å². The number of para-hydroxylation sites is 3. The van der Waals surface area contributed by atoms with Crippen LogP contribution in [0.3, 0.4) is 0 Å². The Balaban J connectivity index is 1.10. The molecule has 0 radical (unpaired) electrons. The van der Waals surface area contributed by atoms with Crippen molar-refractivity contribution in [3.05, 3.63) is 200 Å². The third-order valence-electron chi connectivity index (χ3n) is 10.9. The first-order chi connectivity index (χ1) is 27.3. The number of furan rings is 2. The number of anilines is 3. The number of hydrogen-bond donors (Lipinski definition) is 0. The first kappa shape index (κ1) is 31.2. The van der Waals surface area contributed by atoms with E-state index in [0.717, 1.165) is 77.6 Å². The topological polar surface area (TPSA) is 29.5 Å². The van der Waals surface area contributed by atoms with Crippen molar-refractivity contribution in [1.82, 2.24) is 0 Å². The zero-order chi connectivity index (χ0) is 36.3. The molecule has 3 heteroatoms. The van der Waals surface area contributed by atoms with Crippen LogP contribution in [0.15, 0.2) is 209 Å². The molecule has 55 heavy (non-hydrogen) atoms. The lowest BCUT2D eigenvalue weighted by Crippen LogP contribution is -2.11. The van der Waals surface area contributed by atoms with Crippen LogP contribution in [0.25, 0.3) is 88.0 Å². The van der Waals surface area contributed by atoms with Crippen molar-refractivity contribution in [2.24, 2.45) is 0 Å². The summed E-state index contributed by atoms with van der Waals surface area (Å²) in [5.41, 5.74) is 13.7. The molecule has 3 nitrogen and oxygen atoms in total. The number of nitrogens with zero attached hydrogens (tertiary/aromatic N) is 1. The van der Waals surface area contributed by atoms with E-state index in [-0.39, 0.29) is 0 Å². The van der Waals surface area contributed by atoms with Crippen LogP contribution in [0.4, 0.5) is 17.1 Å². The molecule has 0 aliphatic heterocycles. The van der Waals surface area contributed by atoms with Gasteiger partial charge < -0.3 is 13.7 Å². The third-order valence-corrected chi connectivity index (χ3v) is 10.9. The molecular formula is C52H33NO2. The van der Waals surface area contributed by atoms with Crippen LogP contribution in [-0.4, -0.2) is 0 Å². The Morgan fingerprint density at radius 2 is 0.891 bits per heavy atom. The number of rotatable bonds is 6. The maximum atomic E-state index is 6.45. The van der Waals surface area contributed by atoms with E-state index in [2.05, 4.69) is 181 Å². The van der Waals surface area contributed by atoms with Gasteiger partial charge in [0.15, 0.2) is 0 Å². The molecule has 258 valence electrons. The van der Waals surface area contributed by atoms with Crippen molar-refractivity contribution in [3.8, 4) is 33.4 Å². The summed E-state index contributed by atoms with van der Waals surface area (Å²) in [6, 6.07) is 71.1. The van der Waals surface area contributed by atoms with E-state index in [1.807, 2.05) is 24.3 Å². The minimum atomic E-state index is 0.856. The van der Waals surface area contributed by atoms with Crippen molar-refractivity contribution in [3.63, 3.8) is 0 Å². The standard InChI is InChI=1S/C52H33NO2/c1-2-12-35(13-3-1)40-19-10-14-36-15-11-20-45(52(36)40)41-16-4-7-21-47(41)53(39-29-30-44-42-17-5-8-22-48(42)55-51(44)33-39)38-27-24-34(25-28-38)37-26-31-50-46(32-37)43-18-6-9-23-49(43)54-50/h1-33H. The molecule has 11 rings (SSSR count). The lowest BCUT2D eigenvalue weighted by atomic mass is 9.90. The Hall–Kier alpha value is -7.36. The quantitative estimate of drug-likeness (QED) is 0.173. The molecule has 0 saturated carbocycles. The van der Waals surface area contributed by atoms with E-state index in [9.17, 15) is 0 Å². The minimum absolute atomic E-state index is 0.856. The van der Waals surface area contributed by atoms with Gasteiger partial charge in [-0.05, 0) is 93.2 Å². The van der Waals surface area contributed by atoms with E-state index in [0.29, 0.717) is 0 Å². The summed E-state index contributed by atoms with van der Waals surface area (Å²) in [7, 11) is 0. The Morgan fingerprint density at radius 3 is 1.69 bits per heavy atom. The van der Waals surface area contributed by atoms with Gasteiger partial charge in [0, 0.05) is 44.5 Å². The van der Waals surface area contributed by atoms with Gasteiger partial charge in [-0.2, -0.15) is 0 Å². The van der Waals surface area contributed by atoms with Gasteiger partial charge in [0.05, 0.1) is 5.69 Å². The smallest absolute Gasteiger partial charge is 0.137 e. The zero-order valence-corrected chi connectivity index (χ0v) is 29.8. The molecule has 9 aromatic carbocycles. The van der Waals surface area contributed by atoms with Crippen molar-refractivity contribution < 1.29 is 8.83 Å². The summed E-state index contributed by atoms with van der Waals surface area (Å²) >= 11 is 0. The summed E-state index contributed by atoms with van der Waals surface area (Å²) in [6.07, 6.45) is 0. The van der Waals surface area contributed by atoms with Gasteiger partial charge in [-0.15, -0.1) is 0 Å². The lowest BCUT2D eigenvalue weighted by Gasteiger charge is -2.28. The molecule has 0 bridgehead atoms. The number of benzene rings is 9. The predicted molar refractivity (Wildman–Crippen MR) is 229 cm³/mol. The maximum absolute atomic E-state index is 6.45. The Morgan fingerprint density at radius 1 is 0.309 bits per heavy atom. The summed E-state index contributed by atoms with van der Waals surface area (Å²) < 4.78 is 12.6. The van der Waals surface area contributed by atoms with Gasteiger partial charge >= 0.3 is 0 Å². The van der Waals surface area contributed by atoms with Crippen LogP contribution >= 0.6 is 0 Å². The number of hydrogen-bond acceptors (Lipinski definition) is 3. The highest BCUT2D eigenvalue weighted by Gasteiger charge is 2.21. The molecule has 2 heterocycles. The molecule has 11 aromatic rings. The normalized spacial score (nSPS) is 11.6. The van der Waals surface area contributed by atoms with E-state index in [1.54, 1.807) is 0 Å². The zero-order valence-electron chi connectivity index (χ0n) is 29.8. The molecule has 0 aliphatic rings. The molecule has 0 aliphatic carbocycles. The summed E-state index contributed by atoms with van der Waals surface area (Å²) in [5, 5.41) is 6.91. The fourth-order valence-electron chi connectivity index (χ4n) is 8.31. The average molecular weight is 704 g/mol. The van der Waals surface area contributed by atoms with Crippen molar-refractivity contribution in [1.29, 1.82) is 0 Å². The largest absolute Gasteiger partial charge is 0.456 e. The van der Waals surface area contributed by atoms with E-state index in [1.165, 1.54) is 27.5 Å². The highest BCUT2D eigenvalue weighted by Crippen LogP contribution is 2.46. The first-order valence-electron chi connectivity index (χ1n) is 18.7. The fourth-order valence-corrected chi connectivity index (χ4v) is 8.31. The lowest BCUT2D eigenvalue weighted by molar-refractivity contribution is 0.668. The van der Waals surface area contributed by atoms with E-state index < -0.39 is 0 Å².